The lowest BCUT2D eigenvalue weighted by molar-refractivity contribution is -0.385. The van der Waals surface area contributed by atoms with Crippen molar-refractivity contribution in [2.75, 3.05) is 12.5 Å². The van der Waals surface area contributed by atoms with E-state index in [4.69, 9.17) is 4.74 Å². The number of H-pyrrole nitrogens is 1. The number of nitrogens with one attached hydrogen (secondary N) is 2. The van der Waals surface area contributed by atoms with Gasteiger partial charge >= 0.3 is 5.69 Å². The average Bonchev–Trinajstić information content (AvgIpc) is 2.53. The zero-order valence-electron chi connectivity index (χ0n) is 14.6. The van der Waals surface area contributed by atoms with Gasteiger partial charge in [0.1, 0.15) is 5.69 Å². The van der Waals surface area contributed by atoms with Crippen LogP contribution >= 0.6 is 0 Å². The molecule has 2 rings (SSSR count). The van der Waals surface area contributed by atoms with Crippen LogP contribution < -0.4 is 15.9 Å². The summed E-state index contributed by atoms with van der Waals surface area (Å²) < 4.78 is 4.86. The predicted octanol–water partition coefficient (Wildman–Crippen LogP) is 1.53. The number of hydrazone groups is 1. The van der Waals surface area contributed by atoms with Gasteiger partial charge in [0.05, 0.1) is 29.9 Å². The minimum absolute atomic E-state index is 0.0303. The second-order valence-electron chi connectivity index (χ2n) is 6.30. The summed E-state index contributed by atoms with van der Waals surface area (Å²) in [5.74, 6) is -0.180. The molecule has 2 aromatic rings. The van der Waals surface area contributed by atoms with Gasteiger partial charge in [-0.3, -0.25) is 15.5 Å². The summed E-state index contributed by atoms with van der Waals surface area (Å²) in [5.41, 5.74) is 1.66. The SMILES string of the molecule is COc1cc([N+](=O)[O-])c(/C=N/Nc2nc(=O)[nH]nc2C(C)(C)C)cc1O. The summed E-state index contributed by atoms with van der Waals surface area (Å²) >= 11 is 0. The summed E-state index contributed by atoms with van der Waals surface area (Å²) in [6.45, 7) is 5.61. The van der Waals surface area contributed by atoms with Gasteiger partial charge in [-0.1, -0.05) is 20.8 Å². The second kappa shape index (κ2) is 7.17. The monoisotopic (exact) mass is 362 g/mol. The molecule has 0 bridgehead atoms. The highest BCUT2D eigenvalue weighted by Crippen LogP contribution is 2.32. The van der Waals surface area contributed by atoms with Crippen molar-refractivity contribution in [1.29, 1.82) is 0 Å². The predicted molar refractivity (Wildman–Crippen MR) is 93.9 cm³/mol. The number of aromatic nitrogens is 3. The third-order valence-electron chi connectivity index (χ3n) is 3.31. The van der Waals surface area contributed by atoms with E-state index in [1.807, 2.05) is 20.8 Å². The van der Waals surface area contributed by atoms with Crippen molar-refractivity contribution in [3.8, 4) is 11.5 Å². The Labute approximate surface area is 147 Å². The molecule has 0 amide bonds. The molecule has 0 unspecified atom stereocenters. The van der Waals surface area contributed by atoms with E-state index >= 15 is 0 Å². The summed E-state index contributed by atoms with van der Waals surface area (Å²) in [6.07, 6.45) is 1.13. The van der Waals surface area contributed by atoms with Crippen LogP contribution in [0.1, 0.15) is 32.0 Å². The summed E-state index contributed by atoms with van der Waals surface area (Å²) in [4.78, 5) is 25.7. The molecule has 1 heterocycles. The number of benzene rings is 1. The highest BCUT2D eigenvalue weighted by atomic mass is 16.6. The lowest BCUT2D eigenvalue weighted by Gasteiger charge is -2.18. The van der Waals surface area contributed by atoms with E-state index in [1.54, 1.807) is 0 Å². The number of hydrogen-bond donors (Lipinski definition) is 3. The Hall–Kier alpha value is -3.50. The molecule has 0 spiro atoms. The molecule has 11 heteroatoms. The number of nitro groups is 1. The summed E-state index contributed by atoms with van der Waals surface area (Å²) in [7, 11) is 1.29. The van der Waals surface area contributed by atoms with Crippen molar-refractivity contribution >= 4 is 17.7 Å². The molecule has 0 aliphatic heterocycles. The van der Waals surface area contributed by atoms with Crippen molar-refractivity contribution < 1.29 is 14.8 Å². The molecule has 0 radical (unpaired) electrons. The molecule has 11 nitrogen and oxygen atoms in total. The highest BCUT2D eigenvalue weighted by Gasteiger charge is 2.22. The molecule has 0 saturated carbocycles. The number of aromatic hydroxyl groups is 1. The number of nitro benzene ring substituents is 1. The molecule has 26 heavy (non-hydrogen) atoms. The van der Waals surface area contributed by atoms with Crippen molar-refractivity contribution in [1.82, 2.24) is 15.2 Å². The van der Waals surface area contributed by atoms with Gasteiger partial charge in [0, 0.05) is 5.41 Å². The van der Waals surface area contributed by atoms with Crippen LogP contribution in [-0.4, -0.2) is 38.5 Å². The Bertz CT molecular complexity index is 916. The van der Waals surface area contributed by atoms with Crippen molar-refractivity contribution in [3.63, 3.8) is 0 Å². The molecule has 0 aliphatic carbocycles. The van der Waals surface area contributed by atoms with E-state index in [0.29, 0.717) is 5.69 Å². The molecule has 1 aromatic heterocycles. The van der Waals surface area contributed by atoms with Crippen LogP contribution in [0.25, 0.3) is 0 Å². The molecule has 1 aromatic carbocycles. The standard InChI is InChI=1S/C15H18N6O5/c1-15(2,3)12-13(17-14(23)20-18-12)19-16-7-8-5-10(22)11(26-4)6-9(8)21(24)25/h5-7,22H,1-4H3,(H2,17,19,20,23)/b16-7+. The van der Waals surface area contributed by atoms with Crippen LogP contribution in [0.15, 0.2) is 22.0 Å². The number of rotatable bonds is 5. The fraction of sp³-hybridized carbons (Fsp3) is 0.333. The van der Waals surface area contributed by atoms with E-state index in [0.717, 1.165) is 18.3 Å². The van der Waals surface area contributed by atoms with Gasteiger partial charge < -0.3 is 9.84 Å². The lowest BCUT2D eigenvalue weighted by atomic mass is 9.92. The van der Waals surface area contributed by atoms with Gasteiger partial charge in [0.2, 0.25) is 0 Å². The van der Waals surface area contributed by atoms with Crippen LogP contribution in [0, 0.1) is 10.1 Å². The van der Waals surface area contributed by atoms with E-state index < -0.39 is 16.0 Å². The Morgan fingerprint density at radius 3 is 2.69 bits per heavy atom. The first-order valence-electron chi connectivity index (χ1n) is 7.45. The number of anilines is 1. The maximum Gasteiger partial charge on any atom is 0.363 e. The fourth-order valence-corrected chi connectivity index (χ4v) is 2.10. The maximum absolute atomic E-state index is 11.4. The van der Waals surface area contributed by atoms with Crippen molar-refractivity contribution in [2.45, 2.75) is 26.2 Å². The normalized spacial score (nSPS) is 11.5. The molecule has 0 fully saturated rings. The minimum atomic E-state index is -0.663. The number of aromatic amines is 1. The third-order valence-corrected chi connectivity index (χ3v) is 3.31. The fourth-order valence-electron chi connectivity index (χ4n) is 2.10. The van der Waals surface area contributed by atoms with Crippen LogP contribution in [0.5, 0.6) is 11.5 Å². The van der Waals surface area contributed by atoms with E-state index in [2.05, 4.69) is 25.7 Å². The Balaban J connectivity index is 2.38. The number of phenols is 1. The van der Waals surface area contributed by atoms with Gasteiger partial charge in [-0.15, -0.1) is 0 Å². The summed E-state index contributed by atoms with van der Waals surface area (Å²) in [5, 5.41) is 31.1. The topological polar surface area (TPSA) is 156 Å². The van der Waals surface area contributed by atoms with E-state index in [1.165, 1.54) is 7.11 Å². The third kappa shape index (κ3) is 4.12. The largest absolute Gasteiger partial charge is 0.504 e. The first kappa shape index (κ1) is 18.8. The van der Waals surface area contributed by atoms with Crippen molar-refractivity contribution in [3.05, 3.63) is 44.0 Å². The Kier molecular flexibility index (Phi) is 5.19. The maximum atomic E-state index is 11.4. The summed E-state index contributed by atoms with van der Waals surface area (Å²) in [6, 6.07) is 2.24. The first-order chi connectivity index (χ1) is 12.1. The van der Waals surface area contributed by atoms with E-state index in [-0.39, 0.29) is 28.6 Å². The quantitative estimate of drug-likeness (QED) is 0.411. The molecule has 138 valence electrons. The zero-order valence-corrected chi connectivity index (χ0v) is 14.6. The molecular weight excluding hydrogens is 344 g/mol. The average molecular weight is 362 g/mol. The van der Waals surface area contributed by atoms with E-state index in [9.17, 15) is 20.0 Å². The number of methoxy groups -OCH3 is 1. The molecule has 3 N–H and O–H groups in total. The number of phenolic OH excluding ortho intramolecular Hbond substituents is 1. The van der Waals surface area contributed by atoms with Crippen molar-refractivity contribution in [2.24, 2.45) is 5.10 Å². The molecule has 0 aliphatic rings. The number of ether oxygens (including phenoxy) is 1. The molecule has 0 atom stereocenters. The van der Waals surface area contributed by atoms with Gasteiger partial charge in [-0.05, 0) is 6.07 Å². The smallest absolute Gasteiger partial charge is 0.363 e. The van der Waals surface area contributed by atoms with Gasteiger partial charge in [0.25, 0.3) is 5.69 Å². The highest BCUT2D eigenvalue weighted by molar-refractivity contribution is 5.87. The van der Waals surface area contributed by atoms with Crippen LogP contribution in [0.4, 0.5) is 11.5 Å². The number of hydrogen-bond acceptors (Lipinski definition) is 9. The Morgan fingerprint density at radius 2 is 2.12 bits per heavy atom. The number of nitrogens with zero attached hydrogens (tertiary/aromatic N) is 4. The lowest BCUT2D eigenvalue weighted by Crippen LogP contribution is -2.24. The molecule has 0 saturated heterocycles. The molecular formula is C15H18N6O5. The van der Waals surface area contributed by atoms with Crippen LogP contribution in [0.3, 0.4) is 0 Å². The minimum Gasteiger partial charge on any atom is -0.504 e. The van der Waals surface area contributed by atoms with Gasteiger partial charge in [-0.25, -0.2) is 9.89 Å². The Morgan fingerprint density at radius 1 is 1.42 bits per heavy atom. The first-order valence-corrected chi connectivity index (χ1v) is 7.45. The van der Waals surface area contributed by atoms with Gasteiger partial charge in [0.15, 0.2) is 17.3 Å². The van der Waals surface area contributed by atoms with Crippen LogP contribution in [0.2, 0.25) is 0 Å². The van der Waals surface area contributed by atoms with Gasteiger partial charge in [-0.2, -0.15) is 15.2 Å². The van der Waals surface area contributed by atoms with Crippen LogP contribution in [-0.2, 0) is 5.41 Å². The second-order valence-corrected chi connectivity index (χ2v) is 6.30. The zero-order chi connectivity index (χ0) is 19.5.